The summed E-state index contributed by atoms with van der Waals surface area (Å²) in [6.45, 7) is 1.94. The monoisotopic (exact) mass is 187 g/mol. The van der Waals surface area contributed by atoms with Crippen molar-refractivity contribution in [2.24, 2.45) is 5.92 Å². The molecule has 2 rings (SSSR count). The Labute approximate surface area is 82.9 Å². The molecule has 0 fully saturated rings. The highest BCUT2D eigenvalue weighted by atomic mass is 16.1. The molecule has 0 amide bonds. The van der Waals surface area contributed by atoms with E-state index < -0.39 is 0 Å². The van der Waals surface area contributed by atoms with Gasteiger partial charge in [-0.2, -0.15) is 0 Å². The number of rotatable bonds is 3. The van der Waals surface area contributed by atoms with Gasteiger partial charge in [0.15, 0.2) is 0 Å². The molecule has 1 aromatic carbocycles. The molecule has 0 spiro atoms. The van der Waals surface area contributed by atoms with Gasteiger partial charge >= 0.3 is 0 Å². The first-order chi connectivity index (χ1) is 6.81. The molecule has 1 N–H and O–H groups in total. The van der Waals surface area contributed by atoms with E-state index >= 15 is 0 Å². The van der Waals surface area contributed by atoms with Gasteiger partial charge in [0.1, 0.15) is 6.29 Å². The Balaban J connectivity index is 2.38. The van der Waals surface area contributed by atoms with E-state index in [0.717, 1.165) is 18.2 Å². The molecule has 2 nitrogen and oxygen atoms in total. The molecule has 2 aromatic rings. The van der Waals surface area contributed by atoms with E-state index in [-0.39, 0.29) is 5.92 Å². The number of hydrogen-bond donors (Lipinski definition) is 1. The van der Waals surface area contributed by atoms with Crippen LogP contribution in [0.5, 0.6) is 0 Å². The van der Waals surface area contributed by atoms with Crippen molar-refractivity contribution in [3.63, 3.8) is 0 Å². The number of fused-ring (bicyclic) bond motifs is 1. The van der Waals surface area contributed by atoms with Crippen LogP contribution in [0.3, 0.4) is 0 Å². The molecule has 1 atom stereocenters. The van der Waals surface area contributed by atoms with E-state index in [1.54, 1.807) is 0 Å². The molecule has 0 saturated heterocycles. The Morgan fingerprint density at radius 2 is 2.21 bits per heavy atom. The lowest BCUT2D eigenvalue weighted by Crippen LogP contribution is -1.99. The molecular formula is C12H13NO. The van der Waals surface area contributed by atoms with Crippen molar-refractivity contribution in [3.05, 3.63) is 36.0 Å². The number of carbonyl (C=O) groups is 1. The van der Waals surface area contributed by atoms with Gasteiger partial charge in [-0.15, -0.1) is 0 Å². The summed E-state index contributed by atoms with van der Waals surface area (Å²) in [6, 6.07) is 8.15. The second-order valence-corrected chi connectivity index (χ2v) is 3.68. The normalized spacial score (nSPS) is 12.9. The Morgan fingerprint density at radius 3 is 3.00 bits per heavy atom. The molecule has 1 heterocycles. The number of H-pyrrole nitrogens is 1. The van der Waals surface area contributed by atoms with Crippen molar-refractivity contribution in [1.29, 1.82) is 0 Å². The Kier molecular flexibility index (Phi) is 2.35. The molecule has 0 saturated carbocycles. The maximum atomic E-state index is 10.6. The minimum Gasteiger partial charge on any atom is -0.361 e. The predicted molar refractivity (Wildman–Crippen MR) is 57.2 cm³/mol. The van der Waals surface area contributed by atoms with Gasteiger partial charge in [0.25, 0.3) is 0 Å². The molecule has 2 heteroatoms. The largest absolute Gasteiger partial charge is 0.361 e. The van der Waals surface area contributed by atoms with E-state index in [1.807, 2.05) is 31.3 Å². The number of para-hydroxylation sites is 1. The van der Waals surface area contributed by atoms with Gasteiger partial charge in [0, 0.05) is 23.0 Å². The minimum atomic E-state index is 0.0919. The van der Waals surface area contributed by atoms with Crippen LogP contribution in [0, 0.1) is 5.92 Å². The fourth-order valence-corrected chi connectivity index (χ4v) is 1.70. The lowest BCUT2D eigenvalue weighted by Gasteiger charge is -2.00. The third kappa shape index (κ3) is 1.55. The van der Waals surface area contributed by atoms with Gasteiger partial charge in [0.05, 0.1) is 0 Å². The number of benzene rings is 1. The van der Waals surface area contributed by atoms with E-state index in [9.17, 15) is 4.79 Å². The molecule has 14 heavy (non-hydrogen) atoms. The van der Waals surface area contributed by atoms with Crippen LogP contribution in [0.1, 0.15) is 12.5 Å². The topological polar surface area (TPSA) is 32.9 Å². The smallest absolute Gasteiger partial charge is 0.123 e. The lowest BCUT2D eigenvalue weighted by molar-refractivity contribution is -0.110. The fourth-order valence-electron chi connectivity index (χ4n) is 1.70. The Hall–Kier alpha value is -1.57. The molecule has 0 aliphatic carbocycles. The second kappa shape index (κ2) is 3.66. The highest BCUT2D eigenvalue weighted by Crippen LogP contribution is 2.19. The minimum absolute atomic E-state index is 0.0919. The quantitative estimate of drug-likeness (QED) is 0.736. The average molecular weight is 187 g/mol. The van der Waals surface area contributed by atoms with Crippen molar-refractivity contribution in [1.82, 2.24) is 4.98 Å². The van der Waals surface area contributed by atoms with E-state index in [0.29, 0.717) is 0 Å². The van der Waals surface area contributed by atoms with Crippen LogP contribution in [0.2, 0.25) is 0 Å². The molecule has 0 bridgehead atoms. The van der Waals surface area contributed by atoms with Crippen LogP contribution in [0.25, 0.3) is 10.9 Å². The van der Waals surface area contributed by atoms with E-state index in [1.165, 1.54) is 10.9 Å². The van der Waals surface area contributed by atoms with Crippen LogP contribution < -0.4 is 0 Å². The third-order valence-corrected chi connectivity index (χ3v) is 2.45. The maximum absolute atomic E-state index is 10.6. The summed E-state index contributed by atoms with van der Waals surface area (Å²) >= 11 is 0. The Morgan fingerprint density at radius 1 is 1.43 bits per heavy atom. The molecular weight excluding hydrogens is 174 g/mol. The molecule has 0 unspecified atom stereocenters. The van der Waals surface area contributed by atoms with Crippen LogP contribution in [0.4, 0.5) is 0 Å². The number of carbonyl (C=O) groups excluding carboxylic acids is 1. The van der Waals surface area contributed by atoms with Gasteiger partial charge in [-0.1, -0.05) is 25.1 Å². The third-order valence-electron chi connectivity index (χ3n) is 2.45. The molecule has 1 aromatic heterocycles. The fraction of sp³-hybridized carbons (Fsp3) is 0.250. The van der Waals surface area contributed by atoms with Crippen molar-refractivity contribution in [3.8, 4) is 0 Å². The van der Waals surface area contributed by atoms with Gasteiger partial charge in [-0.05, 0) is 18.1 Å². The summed E-state index contributed by atoms with van der Waals surface area (Å²) < 4.78 is 0. The maximum Gasteiger partial charge on any atom is 0.123 e. The predicted octanol–water partition coefficient (Wildman–Crippen LogP) is 2.55. The summed E-state index contributed by atoms with van der Waals surface area (Å²) in [5.74, 6) is 0.0919. The van der Waals surface area contributed by atoms with Crippen LogP contribution in [-0.2, 0) is 11.2 Å². The molecule has 72 valence electrons. The van der Waals surface area contributed by atoms with Gasteiger partial charge < -0.3 is 9.78 Å². The van der Waals surface area contributed by atoms with Crippen molar-refractivity contribution < 1.29 is 4.79 Å². The number of hydrogen-bond acceptors (Lipinski definition) is 1. The highest BCUT2D eigenvalue weighted by Gasteiger charge is 2.06. The van der Waals surface area contributed by atoms with Crippen LogP contribution >= 0.6 is 0 Å². The first-order valence-electron chi connectivity index (χ1n) is 4.81. The summed E-state index contributed by atoms with van der Waals surface area (Å²) in [4.78, 5) is 13.8. The van der Waals surface area contributed by atoms with E-state index in [2.05, 4.69) is 11.1 Å². The number of aromatic amines is 1. The summed E-state index contributed by atoms with van der Waals surface area (Å²) in [5.41, 5.74) is 2.36. The van der Waals surface area contributed by atoms with Crippen molar-refractivity contribution in [2.75, 3.05) is 0 Å². The first-order valence-corrected chi connectivity index (χ1v) is 4.81. The zero-order valence-electron chi connectivity index (χ0n) is 8.16. The number of aromatic nitrogens is 1. The number of nitrogens with one attached hydrogen (secondary N) is 1. The zero-order chi connectivity index (χ0) is 9.97. The zero-order valence-corrected chi connectivity index (χ0v) is 8.16. The average Bonchev–Trinajstić information content (AvgIpc) is 2.62. The van der Waals surface area contributed by atoms with Crippen LogP contribution in [-0.4, -0.2) is 11.3 Å². The standard InChI is InChI=1S/C12H13NO/c1-9(8-14)6-10-7-13-12-5-3-2-4-11(10)12/h2-5,7-9,13H,6H2,1H3/t9-/m1/s1. The number of aldehydes is 1. The summed E-state index contributed by atoms with van der Waals surface area (Å²) in [5, 5.41) is 1.22. The molecule has 0 aliphatic rings. The molecule has 0 radical (unpaired) electrons. The van der Waals surface area contributed by atoms with Crippen molar-refractivity contribution >= 4 is 17.2 Å². The lowest BCUT2D eigenvalue weighted by atomic mass is 10.0. The highest BCUT2D eigenvalue weighted by molar-refractivity contribution is 5.83. The van der Waals surface area contributed by atoms with Crippen LogP contribution in [0.15, 0.2) is 30.5 Å². The SMILES string of the molecule is C[C@@H](C=O)Cc1c[nH]c2ccccc12. The van der Waals surface area contributed by atoms with Crippen molar-refractivity contribution in [2.45, 2.75) is 13.3 Å². The summed E-state index contributed by atoms with van der Waals surface area (Å²) in [6.07, 6.45) is 3.81. The molecule has 0 aliphatic heterocycles. The van der Waals surface area contributed by atoms with Gasteiger partial charge in [-0.25, -0.2) is 0 Å². The first kappa shape index (κ1) is 9.00. The second-order valence-electron chi connectivity index (χ2n) is 3.68. The van der Waals surface area contributed by atoms with E-state index in [4.69, 9.17) is 0 Å². The van der Waals surface area contributed by atoms with Gasteiger partial charge in [0.2, 0.25) is 0 Å². The Bertz CT molecular complexity index is 444. The summed E-state index contributed by atoms with van der Waals surface area (Å²) in [7, 11) is 0. The van der Waals surface area contributed by atoms with Gasteiger partial charge in [-0.3, -0.25) is 0 Å².